The van der Waals surface area contributed by atoms with Gasteiger partial charge in [-0.2, -0.15) is 0 Å². The maximum Gasteiger partial charge on any atom is 0.247 e. The van der Waals surface area contributed by atoms with Gasteiger partial charge < -0.3 is 15.5 Å². The molecule has 26 heavy (non-hydrogen) atoms. The summed E-state index contributed by atoms with van der Waals surface area (Å²) in [4.78, 5) is 39.3. The summed E-state index contributed by atoms with van der Waals surface area (Å²) in [7, 11) is 1.76. The van der Waals surface area contributed by atoms with Crippen LogP contribution >= 0.6 is 0 Å². The second-order valence-corrected chi connectivity index (χ2v) is 7.38. The SMILES string of the molecule is CN1CCCCC(NC(=O)C(NC(=O)CC2CC2)c2ccccc2)C1=O. The van der Waals surface area contributed by atoms with Gasteiger partial charge in [0.15, 0.2) is 0 Å². The number of rotatable bonds is 6. The lowest BCUT2D eigenvalue weighted by Gasteiger charge is -2.24. The third-order valence-electron chi connectivity index (χ3n) is 5.10. The standard InChI is InChI=1S/C20H27N3O3/c1-23-12-6-5-9-16(20(23)26)21-19(25)18(15-7-3-2-4-8-15)22-17(24)13-14-10-11-14/h2-4,7-8,14,16,18H,5-6,9-13H2,1H3,(H,21,25)(H,22,24). The van der Waals surface area contributed by atoms with E-state index in [0.717, 1.165) is 31.2 Å². The number of hydrogen-bond donors (Lipinski definition) is 2. The molecule has 6 heteroatoms. The van der Waals surface area contributed by atoms with Crippen molar-refractivity contribution in [1.82, 2.24) is 15.5 Å². The van der Waals surface area contributed by atoms with Crippen molar-refractivity contribution in [2.75, 3.05) is 13.6 Å². The summed E-state index contributed by atoms with van der Waals surface area (Å²) in [5, 5.41) is 5.73. The minimum absolute atomic E-state index is 0.0630. The fourth-order valence-electron chi connectivity index (χ4n) is 3.34. The van der Waals surface area contributed by atoms with E-state index in [1.165, 1.54) is 0 Å². The zero-order valence-electron chi connectivity index (χ0n) is 15.2. The molecule has 2 aliphatic rings. The number of carbonyl (C=O) groups is 3. The Kier molecular flexibility index (Phi) is 5.91. The Hall–Kier alpha value is -2.37. The summed E-state index contributed by atoms with van der Waals surface area (Å²) in [6.07, 6.45) is 5.09. The molecule has 3 rings (SSSR count). The van der Waals surface area contributed by atoms with Gasteiger partial charge in [0.05, 0.1) is 0 Å². The second kappa shape index (κ2) is 8.34. The van der Waals surface area contributed by atoms with Crippen LogP contribution in [0.1, 0.15) is 50.1 Å². The summed E-state index contributed by atoms with van der Waals surface area (Å²) in [6, 6.07) is 7.89. The molecule has 1 aliphatic carbocycles. The Bertz CT molecular complexity index is 658. The van der Waals surface area contributed by atoms with Crippen molar-refractivity contribution in [3.8, 4) is 0 Å². The van der Waals surface area contributed by atoms with Crippen LogP contribution in [0.2, 0.25) is 0 Å². The highest BCUT2D eigenvalue weighted by Crippen LogP contribution is 2.32. The molecule has 0 bridgehead atoms. The molecule has 1 aromatic rings. The van der Waals surface area contributed by atoms with Crippen LogP contribution in [0.5, 0.6) is 0 Å². The number of likely N-dealkylation sites (N-methyl/N-ethyl adjacent to an activating group) is 1. The van der Waals surface area contributed by atoms with E-state index in [1.54, 1.807) is 11.9 Å². The Morgan fingerprint density at radius 2 is 1.88 bits per heavy atom. The Balaban J connectivity index is 1.71. The third-order valence-corrected chi connectivity index (χ3v) is 5.10. The van der Waals surface area contributed by atoms with Gasteiger partial charge in [0.2, 0.25) is 17.7 Å². The summed E-state index contributed by atoms with van der Waals surface area (Å²) >= 11 is 0. The number of likely N-dealkylation sites (tertiary alicyclic amines) is 1. The lowest BCUT2D eigenvalue weighted by atomic mass is 10.0. The van der Waals surface area contributed by atoms with Crippen molar-refractivity contribution in [3.05, 3.63) is 35.9 Å². The molecule has 1 saturated carbocycles. The highest BCUT2D eigenvalue weighted by Gasteiger charge is 2.31. The molecule has 0 aromatic heterocycles. The maximum atomic E-state index is 12.9. The number of amides is 3. The zero-order valence-corrected chi connectivity index (χ0v) is 15.2. The lowest BCUT2D eigenvalue weighted by Crippen LogP contribution is -2.50. The van der Waals surface area contributed by atoms with Crippen molar-refractivity contribution < 1.29 is 14.4 Å². The lowest BCUT2D eigenvalue weighted by molar-refractivity contribution is -0.136. The van der Waals surface area contributed by atoms with Gasteiger partial charge in [-0.3, -0.25) is 14.4 Å². The molecule has 2 fully saturated rings. The average Bonchev–Trinajstić information content (AvgIpc) is 3.46. The van der Waals surface area contributed by atoms with Crippen LogP contribution in [0.4, 0.5) is 0 Å². The predicted molar refractivity (Wildman–Crippen MR) is 98.1 cm³/mol. The molecule has 1 aromatic carbocycles. The summed E-state index contributed by atoms with van der Waals surface area (Å²) in [6.45, 7) is 0.714. The molecule has 1 heterocycles. The molecular weight excluding hydrogens is 330 g/mol. The van der Waals surface area contributed by atoms with Gasteiger partial charge in [0.25, 0.3) is 0 Å². The van der Waals surface area contributed by atoms with Crippen LogP contribution in [-0.2, 0) is 14.4 Å². The number of benzene rings is 1. The molecule has 2 unspecified atom stereocenters. The van der Waals surface area contributed by atoms with Crippen molar-refractivity contribution in [1.29, 1.82) is 0 Å². The van der Waals surface area contributed by atoms with Crippen molar-refractivity contribution in [3.63, 3.8) is 0 Å². The van der Waals surface area contributed by atoms with Crippen molar-refractivity contribution in [2.45, 2.75) is 50.6 Å². The molecule has 0 radical (unpaired) electrons. The first-order valence-corrected chi connectivity index (χ1v) is 9.44. The van der Waals surface area contributed by atoms with E-state index in [0.29, 0.717) is 25.3 Å². The fraction of sp³-hybridized carbons (Fsp3) is 0.550. The highest BCUT2D eigenvalue weighted by molar-refractivity contribution is 5.92. The van der Waals surface area contributed by atoms with Crippen LogP contribution in [0.25, 0.3) is 0 Å². The van der Waals surface area contributed by atoms with Crippen LogP contribution in [0.3, 0.4) is 0 Å². The van der Waals surface area contributed by atoms with E-state index in [4.69, 9.17) is 0 Å². The molecule has 1 aliphatic heterocycles. The Morgan fingerprint density at radius 1 is 1.15 bits per heavy atom. The first kappa shape index (κ1) is 18.4. The zero-order chi connectivity index (χ0) is 18.5. The van der Waals surface area contributed by atoms with E-state index >= 15 is 0 Å². The number of carbonyl (C=O) groups excluding carboxylic acids is 3. The summed E-state index contributed by atoms with van der Waals surface area (Å²) < 4.78 is 0. The summed E-state index contributed by atoms with van der Waals surface area (Å²) in [5.74, 6) is -0.0478. The predicted octanol–water partition coefficient (Wildman–Crippen LogP) is 1.77. The van der Waals surface area contributed by atoms with Gasteiger partial charge in [0.1, 0.15) is 12.1 Å². The minimum Gasteiger partial charge on any atom is -0.344 e. The van der Waals surface area contributed by atoms with Gasteiger partial charge in [-0.05, 0) is 43.6 Å². The van der Waals surface area contributed by atoms with Crippen LogP contribution in [-0.4, -0.2) is 42.3 Å². The van der Waals surface area contributed by atoms with E-state index < -0.39 is 12.1 Å². The first-order valence-electron chi connectivity index (χ1n) is 9.44. The first-order chi connectivity index (χ1) is 12.5. The minimum atomic E-state index is -0.774. The second-order valence-electron chi connectivity index (χ2n) is 7.38. The highest BCUT2D eigenvalue weighted by atomic mass is 16.2. The van der Waals surface area contributed by atoms with Gasteiger partial charge in [0, 0.05) is 20.0 Å². The Morgan fingerprint density at radius 3 is 2.58 bits per heavy atom. The molecule has 140 valence electrons. The molecule has 2 atom stereocenters. The van der Waals surface area contributed by atoms with Crippen LogP contribution in [0, 0.1) is 5.92 Å². The van der Waals surface area contributed by atoms with E-state index in [1.807, 2.05) is 30.3 Å². The van der Waals surface area contributed by atoms with Crippen LogP contribution in [0.15, 0.2) is 30.3 Å². The molecule has 3 amide bonds. The normalized spacial score (nSPS) is 21.7. The quantitative estimate of drug-likeness (QED) is 0.814. The molecular formula is C20H27N3O3. The third kappa shape index (κ3) is 4.84. The maximum absolute atomic E-state index is 12.9. The van der Waals surface area contributed by atoms with Gasteiger partial charge in [-0.25, -0.2) is 0 Å². The number of hydrogen-bond acceptors (Lipinski definition) is 3. The largest absolute Gasteiger partial charge is 0.344 e. The van der Waals surface area contributed by atoms with Crippen molar-refractivity contribution >= 4 is 17.7 Å². The molecule has 6 nitrogen and oxygen atoms in total. The smallest absolute Gasteiger partial charge is 0.247 e. The van der Waals surface area contributed by atoms with E-state index in [-0.39, 0.29) is 17.7 Å². The van der Waals surface area contributed by atoms with Gasteiger partial charge >= 0.3 is 0 Å². The topological polar surface area (TPSA) is 78.5 Å². The molecule has 0 spiro atoms. The van der Waals surface area contributed by atoms with E-state index in [2.05, 4.69) is 10.6 Å². The molecule has 1 saturated heterocycles. The monoisotopic (exact) mass is 357 g/mol. The fourth-order valence-corrected chi connectivity index (χ4v) is 3.34. The number of nitrogens with zero attached hydrogens (tertiary/aromatic N) is 1. The van der Waals surface area contributed by atoms with Gasteiger partial charge in [-0.15, -0.1) is 0 Å². The molecule has 2 N–H and O–H groups in total. The van der Waals surface area contributed by atoms with Crippen molar-refractivity contribution in [2.24, 2.45) is 5.92 Å². The Labute approximate surface area is 154 Å². The summed E-state index contributed by atoms with van der Waals surface area (Å²) in [5.41, 5.74) is 0.726. The average molecular weight is 357 g/mol. The number of nitrogens with one attached hydrogen (secondary N) is 2. The van der Waals surface area contributed by atoms with Crippen LogP contribution < -0.4 is 10.6 Å². The van der Waals surface area contributed by atoms with Gasteiger partial charge in [-0.1, -0.05) is 30.3 Å². The van der Waals surface area contributed by atoms with E-state index in [9.17, 15) is 14.4 Å².